The molecule has 1 atom stereocenters. The number of carbonyl (C=O) groups is 1. The van der Waals surface area contributed by atoms with Crippen LogP contribution < -0.4 is 5.32 Å². The van der Waals surface area contributed by atoms with Gasteiger partial charge in [0, 0.05) is 18.9 Å². The number of carboxylic acids is 1. The molecular weight excluding hydrogens is 180 g/mol. The quantitative estimate of drug-likeness (QED) is 0.591. The lowest BCUT2D eigenvalue weighted by Gasteiger charge is -2.07. The van der Waals surface area contributed by atoms with Crippen molar-refractivity contribution in [3.63, 3.8) is 0 Å². The number of aromatic nitrogens is 1. The summed E-state index contributed by atoms with van der Waals surface area (Å²) in [5.74, 6) is -1.07. The van der Waals surface area contributed by atoms with Crippen molar-refractivity contribution in [3.8, 4) is 0 Å². The molecule has 4 nitrogen and oxygen atoms in total. The van der Waals surface area contributed by atoms with Crippen molar-refractivity contribution in [2.24, 2.45) is 5.92 Å². The number of aromatic amines is 1. The van der Waals surface area contributed by atoms with E-state index >= 15 is 0 Å². The second-order valence-corrected chi connectivity index (χ2v) is 3.41. The van der Waals surface area contributed by atoms with Gasteiger partial charge < -0.3 is 15.4 Å². The summed E-state index contributed by atoms with van der Waals surface area (Å²) in [5, 5.41) is 11.7. The molecule has 1 aromatic heterocycles. The van der Waals surface area contributed by atoms with Gasteiger partial charge in [-0.15, -0.1) is 0 Å². The molecule has 3 N–H and O–H groups in total. The van der Waals surface area contributed by atoms with Gasteiger partial charge in [-0.1, -0.05) is 6.92 Å². The first kappa shape index (κ1) is 10.8. The van der Waals surface area contributed by atoms with E-state index in [9.17, 15) is 4.79 Å². The molecule has 4 heteroatoms. The predicted molar refractivity (Wildman–Crippen MR) is 54.2 cm³/mol. The first-order chi connectivity index (χ1) is 6.70. The molecule has 0 radical (unpaired) electrons. The van der Waals surface area contributed by atoms with Gasteiger partial charge in [0.2, 0.25) is 0 Å². The van der Waals surface area contributed by atoms with E-state index in [0.717, 1.165) is 13.0 Å². The molecule has 1 rings (SSSR count). The van der Waals surface area contributed by atoms with Gasteiger partial charge in [0.05, 0.1) is 5.92 Å². The fraction of sp³-hybridized carbons (Fsp3) is 0.500. The van der Waals surface area contributed by atoms with Crippen molar-refractivity contribution in [2.75, 3.05) is 13.1 Å². The molecule has 0 amide bonds. The van der Waals surface area contributed by atoms with Crippen molar-refractivity contribution < 1.29 is 9.90 Å². The lowest BCUT2D eigenvalue weighted by Crippen LogP contribution is -2.27. The highest BCUT2D eigenvalue weighted by Crippen LogP contribution is 1.97. The van der Waals surface area contributed by atoms with Gasteiger partial charge >= 0.3 is 5.97 Å². The smallest absolute Gasteiger partial charge is 0.307 e. The van der Waals surface area contributed by atoms with E-state index in [1.165, 1.54) is 5.56 Å². The van der Waals surface area contributed by atoms with Crippen LogP contribution in [0.25, 0.3) is 0 Å². The Morgan fingerprint density at radius 2 is 2.50 bits per heavy atom. The fourth-order valence-electron chi connectivity index (χ4n) is 1.15. The average molecular weight is 196 g/mol. The van der Waals surface area contributed by atoms with Crippen molar-refractivity contribution >= 4 is 5.97 Å². The minimum Gasteiger partial charge on any atom is -0.481 e. The third-order valence-electron chi connectivity index (χ3n) is 2.12. The van der Waals surface area contributed by atoms with Crippen molar-refractivity contribution in [3.05, 3.63) is 24.0 Å². The first-order valence-electron chi connectivity index (χ1n) is 4.75. The van der Waals surface area contributed by atoms with Crippen LogP contribution in [0, 0.1) is 5.92 Å². The van der Waals surface area contributed by atoms with Crippen LogP contribution in [0.1, 0.15) is 12.5 Å². The summed E-state index contributed by atoms with van der Waals surface area (Å²) >= 11 is 0. The predicted octanol–water partition coefficient (Wildman–Crippen LogP) is 0.867. The second kappa shape index (κ2) is 5.44. The zero-order chi connectivity index (χ0) is 10.4. The lowest BCUT2D eigenvalue weighted by molar-refractivity contribution is -0.140. The summed E-state index contributed by atoms with van der Waals surface area (Å²) in [6, 6.07) is 2.02. The molecule has 0 aliphatic rings. The summed E-state index contributed by atoms with van der Waals surface area (Å²) in [7, 11) is 0. The molecule has 0 aromatic carbocycles. The Balaban J connectivity index is 2.08. The van der Waals surface area contributed by atoms with Gasteiger partial charge in [-0.2, -0.15) is 0 Å². The maximum atomic E-state index is 10.5. The molecule has 0 bridgehead atoms. The Labute approximate surface area is 83.3 Å². The Morgan fingerprint density at radius 3 is 3.07 bits per heavy atom. The summed E-state index contributed by atoms with van der Waals surface area (Å²) in [5.41, 5.74) is 1.24. The minimum atomic E-state index is -0.751. The molecule has 0 spiro atoms. The van der Waals surface area contributed by atoms with E-state index in [2.05, 4.69) is 10.3 Å². The van der Waals surface area contributed by atoms with Gasteiger partial charge in [-0.05, 0) is 24.6 Å². The average Bonchev–Trinajstić information content (AvgIpc) is 2.64. The second-order valence-electron chi connectivity index (χ2n) is 3.41. The van der Waals surface area contributed by atoms with Gasteiger partial charge in [0.25, 0.3) is 0 Å². The van der Waals surface area contributed by atoms with E-state index in [4.69, 9.17) is 5.11 Å². The van der Waals surface area contributed by atoms with Gasteiger partial charge in [0.1, 0.15) is 0 Å². The molecule has 78 valence electrons. The van der Waals surface area contributed by atoms with Crippen molar-refractivity contribution in [1.29, 1.82) is 0 Å². The van der Waals surface area contributed by atoms with Crippen LogP contribution in [0.3, 0.4) is 0 Å². The van der Waals surface area contributed by atoms with E-state index < -0.39 is 5.97 Å². The summed E-state index contributed by atoms with van der Waals surface area (Å²) in [4.78, 5) is 13.5. The number of nitrogens with one attached hydrogen (secondary N) is 2. The standard InChI is InChI=1S/C10H16N2O2/c1-8(10(13)14)6-11-4-2-9-3-5-12-7-9/h3,5,7-8,11-12H,2,4,6H2,1H3,(H,13,14). The minimum absolute atomic E-state index is 0.318. The van der Waals surface area contributed by atoms with Gasteiger partial charge in [0.15, 0.2) is 0 Å². The highest BCUT2D eigenvalue weighted by atomic mass is 16.4. The monoisotopic (exact) mass is 196 g/mol. The van der Waals surface area contributed by atoms with E-state index in [1.807, 2.05) is 18.5 Å². The Hall–Kier alpha value is -1.29. The molecule has 0 aliphatic carbocycles. The SMILES string of the molecule is CC(CNCCc1cc[nH]c1)C(=O)O. The molecule has 1 unspecified atom stereocenters. The largest absolute Gasteiger partial charge is 0.481 e. The van der Waals surface area contributed by atoms with Crippen LogP contribution in [0.5, 0.6) is 0 Å². The molecule has 0 aliphatic heterocycles. The summed E-state index contributed by atoms with van der Waals surface area (Å²) in [6.07, 6.45) is 4.76. The zero-order valence-electron chi connectivity index (χ0n) is 8.29. The maximum absolute atomic E-state index is 10.5. The normalized spacial score (nSPS) is 12.6. The van der Waals surface area contributed by atoms with E-state index in [0.29, 0.717) is 6.54 Å². The van der Waals surface area contributed by atoms with Gasteiger partial charge in [-0.3, -0.25) is 4.79 Å². The molecule has 0 saturated heterocycles. The van der Waals surface area contributed by atoms with Crippen LogP contribution in [0.15, 0.2) is 18.5 Å². The van der Waals surface area contributed by atoms with Crippen molar-refractivity contribution in [2.45, 2.75) is 13.3 Å². The molecule has 1 aromatic rings. The highest BCUT2D eigenvalue weighted by Gasteiger charge is 2.08. The zero-order valence-corrected chi connectivity index (χ0v) is 8.29. The van der Waals surface area contributed by atoms with Crippen LogP contribution >= 0.6 is 0 Å². The van der Waals surface area contributed by atoms with Crippen LogP contribution in [-0.2, 0) is 11.2 Å². The Morgan fingerprint density at radius 1 is 1.71 bits per heavy atom. The van der Waals surface area contributed by atoms with Gasteiger partial charge in [-0.25, -0.2) is 0 Å². The maximum Gasteiger partial charge on any atom is 0.307 e. The Kier molecular flexibility index (Phi) is 4.19. The molecule has 0 saturated carbocycles. The van der Waals surface area contributed by atoms with Crippen LogP contribution in [0.4, 0.5) is 0 Å². The lowest BCUT2D eigenvalue weighted by atomic mass is 10.2. The summed E-state index contributed by atoms with van der Waals surface area (Å²) in [6.45, 7) is 3.04. The molecule has 1 heterocycles. The van der Waals surface area contributed by atoms with Crippen LogP contribution in [-0.4, -0.2) is 29.1 Å². The molecule has 0 fully saturated rings. The third kappa shape index (κ3) is 3.62. The number of H-pyrrole nitrogens is 1. The number of hydrogen-bond acceptors (Lipinski definition) is 2. The number of rotatable bonds is 6. The third-order valence-corrected chi connectivity index (χ3v) is 2.12. The van der Waals surface area contributed by atoms with E-state index in [1.54, 1.807) is 6.92 Å². The number of carboxylic acid groups (broad SMARTS) is 1. The fourth-order valence-corrected chi connectivity index (χ4v) is 1.15. The number of hydrogen-bond donors (Lipinski definition) is 3. The topological polar surface area (TPSA) is 65.1 Å². The highest BCUT2D eigenvalue weighted by molar-refractivity contribution is 5.69. The number of aliphatic carboxylic acids is 1. The Bertz CT molecular complexity index is 270. The first-order valence-corrected chi connectivity index (χ1v) is 4.75. The molecule has 14 heavy (non-hydrogen) atoms. The van der Waals surface area contributed by atoms with Crippen LogP contribution in [0.2, 0.25) is 0 Å². The molecular formula is C10H16N2O2. The summed E-state index contributed by atoms with van der Waals surface area (Å²) < 4.78 is 0. The van der Waals surface area contributed by atoms with E-state index in [-0.39, 0.29) is 5.92 Å². The van der Waals surface area contributed by atoms with Crippen molar-refractivity contribution in [1.82, 2.24) is 10.3 Å².